The molecule has 0 aliphatic carbocycles. The summed E-state index contributed by atoms with van der Waals surface area (Å²) in [7, 11) is 0. The lowest BCUT2D eigenvalue weighted by Gasteiger charge is -2.18. The molecule has 9 aromatic rings. The first kappa shape index (κ1) is 73.9. The van der Waals surface area contributed by atoms with E-state index in [-0.39, 0.29) is 6.10 Å². The Morgan fingerprint density at radius 2 is 0.515 bits per heavy atom. The van der Waals surface area contributed by atoms with Crippen LogP contribution in [0.15, 0.2) is 191 Å². The van der Waals surface area contributed by atoms with Crippen LogP contribution in [0.3, 0.4) is 0 Å². The second-order valence-corrected chi connectivity index (χ2v) is 24.8. The highest BCUT2D eigenvalue weighted by Crippen LogP contribution is 2.26. The van der Waals surface area contributed by atoms with Crippen molar-refractivity contribution in [2.75, 3.05) is 52.9 Å². The van der Waals surface area contributed by atoms with Crippen LogP contribution in [0.25, 0.3) is 32.9 Å². The standard InChI is InChI=1S/C81H92O18/c82-76-46-34-60-25-43-69(55-73(60)97-76)94-79(85)63-28-37-66(38-29-63)90-51-21-15-9-3-1-7-13-19-49-88-58-72(93-54-24-18-12-6-5-11-17-23-53-92-68-41-32-65(33-42-68)81(87)96-71-45-27-62-36-48-78(84)99-75(62)57-71)59-89-50-20-14-8-2-4-10-16-22-52-91-67-39-30-64(31-40-67)80(86)95-70-44-26-61-35-47-77(83)98-74(61)56-70/h25-48,55-57,72H,1-24,49-54,58-59H2. The van der Waals surface area contributed by atoms with Crippen molar-refractivity contribution < 1.29 is 70.3 Å². The van der Waals surface area contributed by atoms with E-state index in [0.29, 0.717) is 121 Å². The quantitative estimate of drug-likeness (QED) is 0.0150. The summed E-state index contributed by atoms with van der Waals surface area (Å²) in [5, 5.41) is 2.21. The molecule has 3 heterocycles. The first-order chi connectivity index (χ1) is 48.6. The second kappa shape index (κ2) is 41.8. The molecule has 6 aromatic carbocycles. The SMILES string of the molecule is O=C(Oc1ccc2ccc(=O)oc2c1)c1ccc(OCCCCCCCCCCOCC(COCCCCCCCCCCOc2ccc(C(=O)Oc3ccc4ccc(=O)oc4c3)cc2)OCCCCCCCCCCOc2ccc(C(=O)Oc3ccc4ccc(=O)oc4c3)cc2)cc1. The first-order valence-electron chi connectivity index (χ1n) is 35.3. The molecule has 18 nitrogen and oxygen atoms in total. The molecule has 0 radical (unpaired) electrons. The fraction of sp³-hybridized carbons (Fsp3) is 0.407. The maximum Gasteiger partial charge on any atom is 0.343 e. The number of rotatable bonds is 47. The molecule has 3 aromatic heterocycles. The van der Waals surface area contributed by atoms with Gasteiger partial charge < -0.3 is 55.9 Å². The summed E-state index contributed by atoms with van der Waals surface area (Å²) in [4.78, 5) is 73.1. The van der Waals surface area contributed by atoms with E-state index in [1.165, 1.54) is 94.2 Å². The molecule has 0 bridgehead atoms. The zero-order valence-corrected chi connectivity index (χ0v) is 56.6. The lowest BCUT2D eigenvalue weighted by Crippen LogP contribution is -2.26. The highest BCUT2D eigenvalue weighted by molar-refractivity contribution is 5.93. The van der Waals surface area contributed by atoms with Gasteiger partial charge in [-0.3, -0.25) is 0 Å². The average Bonchev–Trinajstić information content (AvgIpc) is 0.873. The number of hydrogen-bond donors (Lipinski definition) is 0. The molecule has 9 rings (SSSR count). The van der Waals surface area contributed by atoms with Gasteiger partial charge in [-0.25, -0.2) is 28.8 Å². The van der Waals surface area contributed by atoms with Crippen molar-refractivity contribution in [2.24, 2.45) is 0 Å². The fourth-order valence-electron chi connectivity index (χ4n) is 11.3. The van der Waals surface area contributed by atoms with Crippen LogP contribution in [0.5, 0.6) is 34.5 Å². The van der Waals surface area contributed by atoms with Crippen molar-refractivity contribution in [3.63, 3.8) is 0 Å². The van der Waals surface area contributed by atoms with Gasteiger partial charge in [-0.15, -0.1) is 0 Å². The molecule has 0 N–H and O–H groups in total. The van der Waals surface area contributed by atoms with Gasteiger partial charge in [-0.05, 0) is 166 Å². The summed E-state index contributed by atoms with van der Waals surface area (Å²) >= 11 is 0. The molecular formula is C81H92O18. The second-order valence-electron chi connectivity index (χ2n) is 24.8. The summed E-state index contributed by atoms with van der Waals surface area (Å²) < 4.78 is 68.7. The van der Waals surface area contributed by atoms with Crippen molar-refractivity contribution in [3.05, 3.63) is 212 Å². The minimum atomic E-state index is -0.512. The van der Waals surface area contributed by atoms with Crippen LogP contribution >= 0.6 is 0 Å². The van der Waals surface area contributed by atoms with E-state index in [1.54, 1.807) is 127 Å². The zero-order chi connectivity index (χ0) is 68.9. The summed E-state index contributed by atoms with van der Waals surface area (Å²) in [6.07, 6.45) is 26.6. The topological polar surface area (TPSA) is 225 Å². The molecule has 0 saturated carbocycles. The Kier molecular flexibility index (Phi) is 31.2. The van der Waals surface area contributed by atoms with Gasteiger partial charge in [-0.1, -0.05) is 116 Å². The van der Waals surface area contributed by atoms with Gasteiger partial charge in [-0.2, -0.15) is 0 Å². The third-order valence-corrected chi connectivity index (χ3v) is 16.9. The van der Waals surface area contributed by atoms with Crippen LogP contribution in [0.2, 0.25) is 0 Å². The van der Waals surface area contributed by atoms with Crippen molar-refractivity contribution in [3.8, 4) is 34.5 Å². The monoisotopic (exact) mass is 1350 g/mol. The summed E-state index contributed by atoms with van der Waals surface area (Å²) in [6, 6.07) is 44.5. The molecule has 0 fully saturated rings. The molecular weight excluding hydrogens is 1260 g/mol. The Morgan fingerprint density at radius 1 is 0.273 bits per heavy atom. The van der Waals surface area contributed by atoms with E-state index in [2.05, 4.69) is 0 Å². The van der Waals surface area contributed by atoms with E-state index in [1.807, 2.05) is 0 Å². The minimum Gasteiger partial charge on any atom is -0.494 e. The van der Waals surface area contributed by atoms with Crippen molar-refractivity contribution in [2.45, 2.75) is 160 Å². The summed E-state index contributed by atoms with van der Waals surface area (Å²) in [5.41, 5.74) is 0.821. The molecule has 0 aliphatic rings. The molecule has 524 valence electrons. The van der Waals surface area contributed by atoms with E-state index in [0.717, 1.165) is 112 Å². The van der Waals surface area contributed by atoms with Gasteiger partial charge in [0.2, 0.25) is 0 Å². The van der Waals surface area contributed by atoms with E-state index in [4.69, 9.17) is 55.9 Å². The van der Waals surface area contributed by atoms with Crippen molar-refractivity contribution in [1.82, 2.24) is 0 Å². The largest absolute Gasteiger partial charge is 0.494 e. The normalized spacial score (nSPS) is 11.4. The van der Waals surface area contributed by atoms with E-state index in [9.17, 15) is 28.8 Å². The zero-order valence-electron chi connectivity index (χ0n) is 56.6. The molecule has 0 atom stereocenters. The van der Waals surface area contributed by atoms with E-state index >= 15 is 0 Å². The van der Waals surface area contributed by atoms with Crippen molar-refractivity contribution >= 4 is 50.8 Å². The highest BCUT2D eigenvalue weighted by Gasteiger charge is 2.16. The van der Waals surface area contributed by atoms with Gasteiger partial charge in [0, 0.05) is 72.4 Å². The lowest BCUT2D eigenvalue weighted by molar-refractivity contribution is -0.0616. The van der Waals surface area contributed by atoms with Gasteiger partial charge in [0.15, 0.2) is 0 Å². The molecule has 0 unspecified atom stereocenters. The molecule has 0 amide bonds. The Bertz CT molecular complexity index is 3900. The van der Waals surface area contributed by atoms with Crippen LogP contribution in [-0.4, -0.2) is 76.9 Å². The van der Waals surface area contributed by atoms with E-state index < -0.39 is 34.8 Å². The fourth-order valence-corrected chi connectivity index (χ4v) is 11.3. The van der Waals surface area contributed by atoms with Crippen LogP contribution in [0.1, 0.15) is 185 Å². The third kappa shape index (κ3) is 26.8. The Labute approximate surface area is 577 Å². The highest BCUT2D eigenvalue weighted by atomic mass is 16.6. The molecule has 0 saturated heterocycles. The third-order valence-electron chi connectivity index (χ3n) is 16.9. The van der Waals surface area contributed by atoms with Gasteiger partial charge in [0.1, 0.15) is 57.4 Å². The lowest BCUT2D eigenvalue weighted by atomic mass is 10.1. The molecule has 99 heavy (non-hydrogen) atoms. The maximum atomic E-state index is 12.8. The average molecular weight is 1350 g/mol. The summed E-state index contributed by atoms with van der Waals surface area (Å²) in [6.45, 7) is 4.98. The predicted molar refractivity (Wildman–Crippen MR) is 380 cm³/mol. The van der Waals surface area contributed by atoms with Crippen LogP contribution < -0.4 is 45.3 Å². The first-order valence-corrected chi connectivity index (χ1v) is 35.3. The molecule has 0 aliphatic heterocycles. The number of carbonyl (C=O) groups excluding carboxylic acids is 3. The van der Waals surface area contributed by atoms with Crippen LogP contribution in [-0.2, 0) is 14.2 Å². The number of benzene rings is 6. The number of esters is 3. The Balaban J connectivity index is 0.577. The van der Waals surface area contributed by atoms with Gasteiger partial charge >= 0.3 is 34.8 Å². The Hall–Kier alpha value is -9.36. The molecule has 0 spiro atoms. The number of carbonyl (C=O) groups is 3. The maximum absolute atomic E-state index is 12.8. The van der Waals surface area contributed by atoms with Gasteiger partial charge in [0.25, 0.3) is 0 Å². The van der Waals surface area contributed by atoms with Crippen LogP contribution in [0, 0.1) is 0 Å². The number of ether oxygens (including phenoxy) is 9. The smallest absolute Gasteiger partial charge is 0.343 e. The van der Waals surface area contributed by atoms with Crippen molar-refractivity contribution in [1.29, 1.82) is 0 Å². The molecule has 18 heteroatoms. The number of fused-ring (bicyclic) bond motifs is 3. The van der Waals surface area contributed by atoms with Crippen LogP contribution in [0.4, 0.5) is 0 Å². The Morgan fingerprint density at radius 3 is 0.808 bits per heavy atom. The predicted octanol–water partition coefficient (Wildman–Crippen LogP) is 18.0. The minimum absolute atomic E-state index is 0.0968. The summed E-state index contributed by atoms with van der Waals surface area (Å²) in [5.74, 6) is 1.44. The van der Waals surface area contributed by atoms with Gasteiger partial charge in [0.05, 0.1) is 49.7 Å². The number of unbranched alkanes of at least 4 members (excludes halogenated alkanes) is 21. The number of hydrogen-bond acceptors (Lipinski definition) is 18.